The third-order valence-corrected chi connectivity index (χ3v) is 2.95. The molecular formula is C15H20N2O4. The number of para-hydroxylation sites is 1. The van der Waals surface area contributed by atoms with Gasteiger partial charge in [-0.15, -0.1) is 0 Å². The topological polar surface area (TPSA) is 98.5 Å². The second-order valence-corrected chi connectivity index (χ2v) is 4.92. The normalized spacial score (nSPS) is 13.1. The molecule has 21 heavy (non-hydrogen) atoms. The third-order valence-electron chi connectivity index (χ3n) is 2.95. The predicted octanol–water partition coefficient (Wildman–Crippen LogP) is 1.30. The number of amides is 1. The van der Waals surface area contributed by atoms with Crippen LogP contribution in [0.1, 0.15) is 37.6 Å². The van der Waals surface area contributed by atoms with Crippen LogP contribution < -0.4 is 11.1 Å². The number of carbonyl (C=O) groups excluding carboxylic acids is 3. The summed E-state index contributed by atoms with van der Waals surface area (Å²) in [4.78, 5) is 35.7. The summed E-state index contributed by atoms with van der Waals surface area (Å²) < 4.78 is 4.94. The summed E-state index contributed by atoms with van der Waals surface area (Å²) in [6, 6.07) is 6.58. The summed E-state index contributed by atoms with van der Waals surface area (Å²) in [7, 11) is 0. The molecule has 1 rings (SSSR count). The van der Waals surface area contributed by atoms with E-state index in [1.54, 1.807) is 31.2 Å². The molecule has 0 saturated heterocycles. The van der Waals surface area contributed by atoms with Crippen molar-refractivity contribution in [1.82, 2.24) is 5.32 Å². The highest BCUT2D eigenvalue weighted by molar-refractivity contribution is 6.04. The van der Waals surface area contributed by atoms with Crippen molar-refractivity contribution in [3.05, 3.63) is 29.8 Å². The summed E-state index contributed by atoms with van der Waals surface area (Å²) in [5.74, 6) is -1.40. The molecule has 0 aromatic heterocycles. The number of nitrogens with two attached hydrogens (primary N) is 1. The molecule has 1 aromatic carbocycles. The molecular weight excluding hydrogens is 272 g/mol. The molecule has 0 saturated carbocycles. The van der Waals surface area contributed by atoms with Crippen LogP contribution in [-0.2, 0) is 14.3 Å². The first kappa shape index (κ1) is 16.7. The number of ether oxygens (including phenoxy) is 1. The van der Waals surface area contributed by atoms with E-state index in [2.05, 4.69) is 5.32 Å². The van der Waals surface area contributed by atoms with E-state index < -0.39 is 17.4 Å². The zero-order valence-corrected chi connectivity index (χ0v) is 12.4. The maximum absolute atomic E-state index is 12.3. The highest BCUT2D eigenvalue weighted by atomic mass is 16.5. The van der Waals surface area contributed by atoms with Gasteiger partial charge in [-0.3, -0.25) is 9.59 Å². The Bertz CT molecular complexity index is 556. The first-order valence-electron chi connectivity index (χ1n) is 6.64. The number of carbonyl (C=O) groups is 3. The fourth-order valence-electron chi connectivity index (χ4n) is 2.01. The number of Topliss-reactive ketones (excluding diaryl/α,β-unsaturated/α-hetero) is 1. The monoisotopic (exact) mass is 292 g/mol. The lowest BCUT2D eigenvalue weighted by molar-refractivity contribution is -0.152. The molecule has 0 spiro atoms. The van der Waals surface area contributed by atoms with Crippen LogP contribution in [0.5, 0.6) is 0 Å². The summed E-state index contributed by atoms with van der Waals surface area (Å²) in [6.45, 7) is 4.56. The lowest BCUT2D eigenvalue weighted by Crippen LogP contribution is -2.53. The van der Waals surface area contributed by atoms with Crippen LogP contribution in [-0.4, -0.2) is 29.8 Å². The minimum absolute atomic E-state index is 0.162. The average Bonchev–Trinajstić information content (AvgIpc) is 2.38. The molecule has 0 radical (unpaired) electrons. The first-order chi connectivity index (χ1) is 9.80. The van der Waals surface area contributed by atoms with Crippen molar-refractivity contribution in [2.24, 2.45) is 0 Å². The Kier molecular flexibility index (Phi) is 5.46. The lowest BCUT2D eigenvalue weighted by Gasteiger charge is -2.27. The van der Waals surface area contributed by atoms with Crippen LogP contribution in [0, 0.1) is 0 Å². The van der Waals surface area contributed by atoms with Crippen LogP contribution in [0.3, 0.4) is 0 Å². The third kappa shape index (κ3) is 4.30. The lowest BCUT2D eigenvalue weighted by atomic mass is 9.91. The van der Waals surface area contributed by atoms with Crippen molar-refractivity contribution in [1.29, 1.82) is 0 Å². The molecule has 0 aliphatic carbocycles. The Morgan fingerprint density at radius 1 is 1.29 bits per heavy atom. The maximum atomic E-state index is 12.3. The van der Waals surface area contributed by atoms with Crippen LogP contribution in [0.2, 0.25) is 0 Å². The van der Waals surface area contributed by atoms with E-state index in [0.717, 1.165) is 0 Å². The van der Waals surface area contributed by atoms with E-state index >= 15 is 0 Å². The van der Waals surface area contributed by atoms with Crippen LogP contribution in [0.4, 0.5) is 5.69 Å². The molecule has 6 heteroatoms. The average molecular weight is 292 g/mol. The van der Waals surface area contributed by atoms with E-state index in [4.69, 9.17) is 10.5 Å². The Hall–Kier alpha value is -2.37. The zero-order valence-electron chi connectivity index (χ0n) is 12.4. The fraction of sp³-hybridized carbons (Fsp3) is 0.400. The SMILES string of the molecule is CCOC(=O)C(C)(CC(=O)c1ccccc1N)NC(C)=O. The number of hydrogen-bond donors (Lipinski definition) is 2. The summed E-state index contributed by atoms with van der Waals surface area (Å²) >= 11 is 0. The number of anilines is 1. The van der Waals surface area contributed by atoms with E-state index in [1.165, 1.54) is 13.8 Å². The van der Waals surface area contributed by atoms with Crippen molar-refractivity contribution in [2.75, 3.05) is 12.3 Å². The Morgan fingerprint density at radius 3 is 2.43 bits per heavy atom. The molecule has 1 amide bonds. The maximum Gasteiger partial charge on any atom is 0.332 e. The highest BCUT2D eigenvalue weighted by Gasteiger charge is 2.38. The van der Waals surface area contributed by atoms with Gasteiger partial charge in [-0.2, -0.15) is 0 Å². The van der Waals surface area contributed by atoms with Crippen molar-refractivity contribution in [3.63, 3.8) is 0 Å². The molecule has 114 valence electrons. The van der Waals surface area contributed by atoms with Gasteiger partial charge in [0.25, 0.3) is 0 Å². The van der Waals surface area contributed by atoms with Gasteiger partial charge in [0.05, 0.1) is 6.61 Å². The largest absolute Gasteiger partial charge is 0.464 e. The van der Waals surface area contributed by atoms with Gasteiger partial charge in [0.2, 0.25) is 5.91 Å². The number of esters is 1. The van der Waals surface area contributed by atoms with Gasteiger partial charge in [-0.1, -0.05) is 12.1 Å². The van der Waals surface area contributed by atoms with Crippen molar-refractivity contribution in [3.8, 4) is 0 Å². The number of nitrogen functional groups attached to an aromatic ring is 1. The van der Waals surface area contributed by atoms with E-state index in [1.807, 2.05) is 0 Å². The number of hydrogen-bond acceptors (Lipinski definition) is 5. The number of rotatable bonds is 6. The molecule has 1 unspecified atom stereocenters. The van der Waals surface area contributed by atoms with Gasteiger partial charge in [-0.05, 0) is 26.0 Å². The summed E-state index contributed by atoms with van der Waals surface area (Å²) in [6.07, 6.45) is -0.223. The number of ketones is 1. The van der Waals surface area contributed by atoms with Gasteiger partial charge in [0, 0.05) is 24.6 Å². The van der Waals surface area contributed by atoms with Gasteiger partial charge in [0.1, 0.15) is 5.54 Å². The smallest absolute Gasteiger partial charge is 0.332 e. The fourth-order valence-corrected chi connectivity index (χ4v) is 2.01. The zero-order chi connectivity index (χ0) is 16.0. The molecule has 6 nitrogen and oxygen atoms in total. The van der Waals surface area contributed by atoms with E-state index in [9.17, 15) is 14.4 Å². The van der Waals surface area contributed by atoms with Gasteiger partial charge < -0.3 is 15.8 Å². The minimum atomic E-state index is -1.42. The standard InChI is InChI=1S/C15H20N2O4/c1-4-21-14(20)15(3,17-10(2)18)9-13(19)11-7-5-6-8-12(11)16/h5-8H,4,9,16H2,1-3H3,(H,17,18). The predicted molar refractivity (Wildman–Crippen MR) is 78.7 cm³/mol. The van der Waals surface area contributed by atoms with Crippen LogP contribution in [0.15, 0.2) is 24.3 Å². The Morgan fingerprint density at radius 2 is 1.90 bits per heavy atom. The quantitative estimate of drug-likeness (QED) is 0.468. The molecule has 0 aliphatic rings. The Labute approximate surface area is 123 Å². The Balaban J connectivity index is 3.01. The molecule has 3 N–H and O–H groups in total. The first-order valence-corrected chi connectivity index (χ1v) is 6.64. The molecule has 0 bridgehead atoms. The summed E-state index contributed by atoms with van der Waals surface area (Å²) in [5, 5.41) is 2.49. The second kappa shape index (κ2) is 6.88. The van der Waals surface area contributed by atoms with E-state index in [-0.39, 0.29) is 18.8 Å². The van der Waals surface area contributed by atoms with Crippen molar-refractivity contribution >= 4 is 23.3 Å². The second-order valence-electron chi connectivity index (χ2n) is 4.92. The number of benzene rings is 1. The van der Waals surface area contributed by atoms with Crippen molar-refractivity contribution in [2.45, 2.75) is 32.7 Å². The van der Waals surface area contributed by atoms with Gasteiger partial charge in [-0.25, -0.2) is 4.79 Å². The van der Waals surface area contributed by atoms with Crippen LogP contribution in [0.25, 0.3) is 0 Å². The highest BCUT2D eigenvalue weighted by Crippen LogP contribution is 2.20. The molecule has 0 heterocycles. The van der Waals surface area contributed by atoms with Crippen LogP contribution >= 0.6 is 0 Å². The molecule has 1 aromatic rings. The van der Waals surface area contributed by atoms with Crippen molar-refractivity contribution < 1.29 is 19.1 Å². The molecule has 1 atom stereocenters. The number of nitrogens with one attached hydrogen (secondary N) is 1. The van der Waals surface area contributed by atoms with Gasteiger partial charge in [0.15, 0.2) is 5.78 Å². The molecule has 0 fully saturated rings. The molecule has 0 aliphatic heterocycles. The van der Waals surface area contributed by atoms with E-state index in [0.29, 0.717) is 11.3 Å². The minimum Gasteiger partial charge on any atom is -0.464 e. The van der Waals surface area contributed by atoms with Gasteiger partial charge >= 0.3 is 5.97 Å². The summed E-state index contributed by atoms with van der Waals surface area (Å²) in [5.41, 5.74) is 4.98.